The van der Waals surface area contributed by atoms with Gasteiger partial charge in [0.1, 0.15) is 11.6 Å². The lowest BCUT2D eigenvalue weighted by atomic mass is 10.1. The van der Waals surface area contributed by atoms with E-state index in [0.717, 1.165) is 23.2 Å². The molecule has 3 aromatic rings. The first-order chi connectivity index (χ1) is 9.28. The van der Waals surface area contributed by atoms with Crippen molar-refractivity contribution >= 4 is 11.8 Å². The van der Waals surface area contributed by atoms with Crippen molar-refractivity contribution in [2.45, 2.75) is 6.42 Å². The number of fused-ring (bicyclic) bond motifs is 1. The molecule has 1 N–H and O–H groups in total. The van der Waals surface area contributed by atoms with Gasteiger partial charge in [-0.1, -0.05) is 18.2 Å². The second kappa shape index (κ2) is 4.57. The molecule has 0 fully saturated rings. The van der Waals surface area contributed by atoms with Gasteiger partial charge in [0.2, 0.25) is 0 Å². The van der Waals surface area contributed by atoms with Crippen LogP contribution in [0, 0.1) is 0 Å². The standard InChI is InChI=1S/C15H12N2O2/c18-10-13-5-2-4-12-9-16-15(17(12)13)8-11-3-1-6-14(19)7-11/h1-7,9-10,19H,8H2. The number of aromatic nitrogens is 2. The number of aromatic hydroxyl groups is 1. The second-order valence-electron chi connectivity index (χ2n) is 4.35. The number of pyridine rings is 1. The minimum absolute atomic E-state index is 0.231. The molecule has 0 unspecified atom stereocenters. The van der Waals surface area contributed by atoms with E-state index in [1.165, 1.54) is 0 Å². The van der Waals surface area contributed by atoms with E-state index >= 15 is 0 Å². The van der Waals surface area contributed by atoms with Gasteiger partial charge in [0, 0.05) is 6.42 Å². The predicted octanol–water partition coefficient (Wildman–Crippen LogP) is 2.44. The quantitative estimate of drug-likeness (QED) is 0.728. The van der Waals surface area contributed by atoms with Crippen LogP contribution in [0.4, 0.5) is 0 Å². The molecule has 2 aromatic heterocycles. The number of hydrogen-bond acceptors (Lipinski definition) is 3. The minimum Gasteiger partial charge on any atom is -0.508 e. The topological polar surface area (TPSA) is 54.6 Å². The summed E-state index contributed by atoms with van der Waals surface area (Å²) in [6, 6.07) is 12.5. The molecule has 0 spiro atoms. The molecule has 4 heteroatoms. The summed E-state index contributed by atoms with van der Waals surface area (Å²) in [6.45, 7) is 0. The van der Waals surface area contributed by atoms with Crippen molar-refractivity contribution in [1.82, 2.24) is 9.38 Å². The van der Waals surface area contributed by atoms with E-state index in [-0.39, 0.29) is 5.75 Å². The molecule has 0 aliphatic rings. The molecule has 0 atom stereocenters. The van der Waals surface area contributed by atoms with Crippen molar-refractivity contribution in [1.29, 1.82) is 0 Å². The van der Waals surface area contributed by atoms with Gasteiger partial charge in [0.25, 0.3) is 0 Å². The summed E-state index contributed by atoms with van der Waals surface area (Å²) in [5.74, 6) is 1.01. The van der Waals surface area contributed by atoms with Crippen LogP contribution < -0.4 is 0 Å². The molecule has 19 heavy (non-hydrogen) atoms. The molecule has 0 aliphatic carbocycles. The fourth-order valence-corrected chi connectivity index (χ4v) is 2.21. The minimum atomic E-state index is 0.231. The number of carbonyl (C=O) groups excluding carboxylic acids is 1. The Morgan fingerprint density at radius 3 is 2.84 bits per heavy atom. The molecule has 0 saturated carbocycles. The van der Waals surface area contributed by atoms with Gasteiger partial charge in [-0.25, -0.2) is 4.98 Å². The Balaban J connectivity index is 2.08. The SMILES string of the molecule is O=Cc1cccc2cnc(Cc3cccc(O)c3)n12. The number of phenols is 1. The number of imidazole rings is 1. The summed E-state index contributed by atoms with van der Waals surface area (Å²) >= 11 is 0. The van der Waals surface area contributed by atoms with Crippen molar-refractivity contribution in [2.24, 2.45) is 0 Å². The number of benzene rings is 1. The fourth-order valence-electron chi connectivity index (χ4n) is 2.21. The zero-order valence-corrected chi connectivity index (χ0v) is 10.2. The van der Waals surface area contributed by atoms with Crippen LogP contribution in [0.5, 0.6) is 5.75 Å². The lowest BCUT2D eigenvalue weighted by Gasteiger charge is -2.04. The van der Waals surface area contributed by atoms with Crippen molar-refractivity contribution in [2.75, 3.05) is 0 Å². The fraction of sp³-hybridized carbons (Fsp3) is 0.0667. The molecular weight excluding hydrogens is 240 g/mol. The van der Waals surface area contributed by atoms with E-state index in [2.05, 4.69) is 4.98 Å². The third-order valence-corrected chi connectivity index (χ3v) is 3.05. The Labute approximate surface area is 110 Å². The zero-order chi connectivity index (χ0) is 13.2. The van der Waals surface area contributed by atoms with Crippen LogP contribution in [0.1, 0.15) is 21.9 Å². The third kappa shape index (κ3) is 2.08. The van der Waals surface area contributed by atoms with Crippen molar-refractivity contribution in [3.8, 4) is 5.75 Å². The van der Waals surface area contributed by atoms with Crippen LogP contribution in [-0.2, 0) is 6.42 Å². The lowest BCUT2D eigenvalue weighted by Crippen LogP contribution is -2.01. The maximum absolute atomic E-state index is 11.1. The first-order valence-electron chi connectivity index (χ1n) is 5.96. The summed E-state index contributed by atoms with van der Waals surface area (Å²) in [7, 11) is 0. The van der Waals surface area contributed by atoms with Crippen molar-refractivity contribution < 1.29 is 9.90 Å². The molecule has 0 saturated heterocycles. The van der Waals surface area contributed by atoms with Crippen LogP contribution >= 0.6 is 0 Å². The molecular formula is C15H12N2O2. The van der Waals surface area contributed by atoms with E-state index < -0.39 is 0 Å². The summed E-state index contributed by atoms with van der Waals surface area (Å²) in [4.78, 5) is 15.4. The van der Waals surface area contributed by atoms with Crippen LogP contribution in [0.3, 0.4) is 0 Å². The van der Waals surface area contributed by atoms with E-state index in [4.69, 9.17) is 0 Å². The average molecular weight is 252 g/mol. The van der Waals surface area contributed by atoms with Gasteiger partial charge in [0.05, 0.1) is 17.4 Å². The number of carbonyl (C=O) groups is 1. The summed E-state index contributed by atoms with van der Waals surface area (Å²) in [6.07, 6.45) is 3.12. The molecule has 2 heterocycles. The van der Waals surface area contributed by atoms with Gasteiger partial charge in [-0.05, 0) is 29.8 Å². The average Bonchev–Trinajstić information content (AvgIpc) is 2.82. The Morgan fingerprint density at radius 1 is 1.21 bits per heavy atom. The van der Waals surface area contributed by atoms with Gasteiger partial charge >= 0.3 is 0 Å². The summed E-state index contributed by atoms with van der Waals surface area (Å²) in [5.41, 5.74) is 2.41. The number of rotatable bonds is 3. The van der Waals surface area contributed by atoms with Crippen molar-refractivity contribution in [3.05, 3.63) is 65.7 Å². The van der Waals surface area contributed by atoms with Gasteiger partial charge in [-0.3, -0.25) is 9.20 Å². The first-order valence-corrected chi connectivity index (χ1v) is 5.96. The van der Waals surface area contributed by atoms with Crippen LogP contribution in [0.2, 0.25) is 0 Å². The van der Waals surface area contributed by atoms with Gasteiger partial charge in [0.15, 0.2) is 6.29 Å². The van der Waals surface area contributed by atoms with E-state index in [1.807, 2.05) is 22.6 Å². The number of nitrogens with zero attached hydrogens (tertiary/aromatic N) is 2. The molecule has 0 radical (unpaired) electrons. The van der Waals surface area contributed by atoms with Gasteiger partial charge in [-0.15, -0.1) is 0 Å². The lowest BCUT2D eigenvalue weighted by molar-refractivity contribution is 0.111. The van der Waals surface area contributed by atoms with Crippen LogP contribution in [-0.4, -0.2) is 20.8 Å². The number of hydrogen-bond donors (Lipinski definition) is 1. The van der Waals surface area contributed by atoms with Crippen LogP contribution in [0.15, 0.2) is 48.7 Å². The monoisotopic (exact) mass is 252 g/mol. The Hall–Kier alpha value is -2.62. The highest BCUT2D eigenvalue weighted by molar-refractivity contribution is 5.74. The van der Waals surface area contributed by atoms with E-state index in [1.54, 1.807) is 30.5 Å². The molecule has 0 bridgehead atoms. The highest BCUT2D eigenvalue weighted by Crippen LogP contribution is 2.16. The first kappa shape index (κ1) is 11.5. The molecule has 0 aliphatic heterocycles. The molecule has 94 valence electrons. The normalized spacial score (nSPS) is 10.7. The highest BCUT2D eigenvalue weighted by atomic mass is 16.3. The molecule has 4 nitrogen and oxygen atoms in total. The Morgan fingerprint density at radius 2 is 2.05 bits per heavy atom. The maximum atomic E-state index is 11.1. The summed E-state index contributed by atoms with van der Waals surface area (Å²) in [5, 5.41) is 9.47. The molecule has 3 rings (SSSR count). The largest absolute Gasteiger partial charge is 0.508 e. The van der Waals surface area contributed by atoms with Crippen molar-refractivity contribution in [3.63, 3.8) is 0 Å². The summed E-state index contributed by atoms with van der Waals surface area (Å²) < 4.78 is 1.83. The Kier molecular flexibility index (Phi) is 2.76. The van der Waals surface area contributed by atoms with E-state index in [0.29, 0.717) is 12.1 Å². The zero-order valence-electron chi connectivity index (χ0n) is 10.2. The predicted molar refractivity (Wildman–Crippen MR) is 71.5 cm³/mol. The number of aldehydes is 1. The van der Waals surface area contributed by atoms with Gasteiger partial charge < -0.3 is 5.11 Å². The maximum Gasteiger partial charge on any atom is 0.166 e. The highest BCUT2D eigenvalue weighted by Gasteiger charge is 2.08. The third-order valence-electron chi connectivity index (χ3n) is 3.05. The molecule has 1 aromatic carbocycles. The number of phenolic OH excluding ortho intramolecular Hbond substituents is 1. The Bertz CT molecular complexity index is 747. The van der Waals surface area contributed by atoms with Crippen LogP contribution in [0.25, 0.3) is 5.52 Å². The smallest absolute Gasteiger partial charge is 0.166 e. The van der Waals surface area contributed by atoms with Gasteiger partial charge in [-0.2, -0.15) is 0 Å². The second-order valence-corrected chi connectivity index (χ2v) is 4.35. The molecule has 0 amide bonds. The van der Waals surface area contributed by atoms with E-state index in [9.17, 15) is 9.90 Å².